The van der Waals surface area contributed by atoms with Gasteiger partial charge in [0.15, 0.2) is 23.1 Å². The maximum Gasteiger partial charge on any atom is 1.00 e. The summed E-state index contributed by atoms with van der Waals surface area (Å²) in [5, 5.41) is 16.4. The second-order valence-electron chi connectivity index (χ2n) is 11.2. The number of carboxylic acid groups (broad SMARTS) is 1. The standard InChI is InChI=1S/C35H35F2N3O7.K/c1-2-45-30-20-25-27(21-31(30)46-18-6-4-3-5-7-32(41)42)38-17-14-28(25)47-29-13-12-24(19-26(29)37)40-34(44)35(15-16-35)33(43)39-23-10-8-22(36)9-11-23;/h8-14,17,19-21H,2-7,15-16,18H2,1H3,(H,39,43)(H,40,44)(H,41,42);/q;+1/p-1. The molecule has 0 aliphatic heterocycles. The van der Waals surface area contributed by atoms with E-state index in [9.17, 15) is 23.9 Å². The fraction of sp³-hybridized carbons (Fsp3) is 0.314. The molecule has 13 heteroatoms. The van der Waals surface area contributed by atoms with Crippen LogP contribution in [-0.4, -0.2) is 36.0 Å². The van der Waals surface area contributed by atoms with Gasteiger partial charge in [0.05, 0.1) is 18.7 Å². The molecule has 1 fully saturated rings. The molecule has 0 radical (unpaired) electrons. The van der Waals surface area contributed by atoms with E-state index in [2.05, 4.69) is 15.6 Å². The Morgan fingerprint density at radius 2 is 1.48 bits per heavy atom. The zero-order valence-corrected chi connectivity index (χ0v) is 29.9. The van der Waals surface area contributed by atoms with Crippen molar-refractivity contribution in [1.29, 1.82) is 0 Å². The van der Waals surface area contributed by atoms with E-state index in [1.165, 1.54) is 42.6 Å². The summed E-state index contributed by atoms with van der Waals surface area (Å²) in [6.45, 7) is 2.62. The fourth-order valence-corrected chi connectivity index (χ4v) is 5.00. The number of nitrogens with one attached hydrogen (secondary N) is 2. The first-order valence-corrected chi connectivity index (χ1v) is 15.4. The Balaban J connectivity index is 0.00000520. The summed E-state index contributed by atoms with van der Waals surface area (Å²) in [6.07, 6.45) is 5.08. The normalized spacial score (nSPS) is 12.8. The van der Waals surface area contributed by atoms with E-state index < -0.39 is 34.8 Å². The monoisotopic (exact) mass is 685 g/mol. The maximum absolute atomic E-state index is 15.3. The molecule has 1 saturated carbocycles. The number of amides is 2. The molecule has 0 atom stereocenters. The van der Waals surface area contributed by atoms with Gasteiger partial charge in [0.1, 0.15) is 17.0 Å². The number of carboxylic acids is 1. The minimum absolute atomic E-state index is 0. The van der Waals surface area contributed by atoms with Gasteiger partial charge >= 0.3 is 51.4 Å². The van der Waals surface area contributed by atoms with Crippen molar-refractivity contribution < 1.29 is 93.9 Å². The second kappa shape index (κ2) is 17.2. The van der Waals surface area contributed by atoms with Crippen LogP contribution in [0.2, 0.25) is 0 Å². The Bertz CT molecular complexity index is 1770. The molecule has 1 aromatic heterocycles. The first-order valence-electron chi connectivity index (χ1n) is 15.4. The van der Waals surface area contributed by atoms with Gasteiger partial charge in [-0.2, -0.15) is 0 Å². The van der Waals surface area contributed by atoms with Crippen LogP contribution in [0.1, 0.15) is 51.9 Å². The second-order valence-corrected chi connectivity index (χ2v) is 11.2. The van der Waals surface area contributed by atoms with Gasteiger partial charge < -0.3 is 34.7 Å². The Morgan fingerprint density at radius 1 is 0.812 bits per heavy atom. The van der Waals surface area contributed by atoms with Gasteiger partial charge in [-0.1, -0.05) is 12.8 Å². The number of unbranched alkanes of at least 4 members (excludes halogenated alkanes) is 3. The van der Waals surface area contributed by atoms with Crippen LogP contribution in [-0.2, 0) is 14.4 Å². The van der Waals surface area contributed by atoms with Crippen LogP contribution in [0.3, 0.4) is 0 Å². The molecule has 1 heterocycles. The number of hydrogen-bond donors (Lipinski definition) is 2. The molecular weight excluding hydrogens is 651 g/mol. The predicted octanol–water partition coefficient (Wildman–Crippen LogP) is 3.14. The van der Waals surface area contributed by atoms with Crippen LogP contribution in [0.5, 0.6) is 23.0 Å². The number of nitrogens with zero attached hydrogens (tertiary/aromatic N) is 1. The number of carbonyl (C=O) groups is 3. The molecule has 0 saturated heterocycles. The van der Waals surface area contributed by atoms with Gasteiger partial charge in [-0.05, 0) is 87.6 Å². The van der Waals surface area contributed by atoms with Crippen molar-refractivity contribution in [1.82, 2.24) is 4.98 Å². The first-order chi connectivity index (χ1) is 22.7. The molecule has 4 aromatic rings. The van der Waals surface area contributed by atoms with E-state index in [1.54, 1.807) is 18.2 Å². The molecule has 5 rings (SSSR count). The molecule has 246 valence electrons. The van der Waals surface area contributed by atoms with E-state index in [4.69, 9.17) is 14.2 Å². The molecule has 2 N–H and O–H groups in total. The van der Waals surface area contributed by atoms with Crippen molar-refractivity contribution >= 4 is 40.1 Å². The topological polar surface area (TPSA) is 139 Å². The fourth-order valence-electron chi connectivity index (χ4n) is 5.00. The molecule has 0 spiro atoms. The zero-order valence-electron chi connectivity index (χ0n) is 26.8. The van der Waals surface area contributed by atoms with Crippen LogP contribution in [0, 0.1) is 17.0 Å². The Kier molecular flexibility index (Phi) is 13.3. The number of pyridine rings is 1. The van der Waals surface area contributed by atoms with Gasteiger partial charge in [0.25, 0.3) is 0 Å². The van der Waals surface area contributed by atoms with Crippen molar-refractivity contribution in [2.75, 3.05) is 23.8 Å². The average Bonchev–Trinajstić information content (AvgIpc) is 3.86. The minimum Gasteiger partial charge on any atom is -0.550 e. The molecular formula is C35H34F2KN3O7. The van der Waals surface area contributed by atoms with Crippen LogP contribution >= 0.6 is 0 Å². The van der Waals surface area contributed by atoms with Crippen LogP contribution in [0.25, 0.3) is 10.9 Å². The van der Waals surface area contributed by atoms with Crippen LogP contribution in [0.15, 0.2) is 66.9 Å². The van der Waals surface area contributed by atoms with E-state index in [-0.39, 0.29) is 69.2 Å². The number of ether oxygens (including phenoxy) is 3. The van der Waals surface area contributed by atoms with Crippen LogP contribution in [0.4, 0.5) is 20.2 Å². The number of hydrogen-bond acceptors (Lipinski definition) is 8. The molecule has 3 aromatic carbocycles. The first kappa shape index (κ1) is 37.2. The number of rotatable bonds is 16. The Hall–Kier alpha value is -3.62. The molecule has 0 unspecified atom stereocenters. The van der Waals surface area contributed by atoms with Gasteiger partial charge in [-0.25, -0.2) is 8.78 Å². The largest absolute Gasteiger partial charge is 1.00 e. The summed E-state index contributed by atoms with van der Waals surface area (Å²) in [6, 6.07) is 14.2. The number of carbonyl (C=O) groups excluding carboxylic acids is 3. The summed E-state index contributed by atoms with van der Waals surface area (Å²) < 4.78 is 46.1. The minimum atomic E-state index is -1.29. The molecule has 2 amide bonds. The molecule has 48 heavy (non-hydrogen) atoms. The van der Waals surface area contributed by atoms with Crippen LogP contribution < -0.4 is 81.3 Å². The number of aliphatic carboxylic acids is 1. The summed E-state index contributed by atoms with van der Waals surface area (Å²) in [5.74, 6) is -2.14. The SMILES string of the molecule is CCOc1cc2c(Oc3ccc(NC(=O)C4(C(=O)Nc5ccc(F)cc5)CC4)cc3F)ccnc2cc1OCCCCCCC(=O)[O-].[K+]. The van der Waals surface area contributed by atoms with E-state index >= 15 is 4.39 Å². The maximum atomic E-state index is 15.3. The van der Waals surface area contributed by atoms with Gasteiger partial charge in [0.2, 0.25) is 11.8 Å². The smallest absolute Gasteiger partial charge is 0.550 e. The van der Waals surface area contributed by atoms with E-state index in [0.29, 0.717) is 66.3 Å². The molecule has 10 nitrogen and oxygen atoms in total. The van der Waals surface area contributed by atoms with Crippen molar-refractivity contribution in [3.05, 3.63) is 78.5 Å². The van der Waals surface area contributed by atoms with Crippen molar-refractivity contribution in [2.45, 2.75) is 51.9 Å². The number of aromatic nitrogens is 1. The van der Waals surface area contributed by atoms with Crippen molar-refractivity contribution in [3.63, 3.8) is 0 Å². The predicted molar refractivity (Wildman–Crippen MR) is 168 cm³/mol. The molecule has 1 aliphatic carbocycles. The van der Waals surface area contributed by atoms with Gasteiger partial charge in [0, 0.05) is 41.1 Å². The van der Waals surface area contributed by atoms with Crippen molar-refractivity contribution in [2.24, 2.45) is 5.41 Å². The summed E-state index contributed by atoms with van der Waals surface area (Å²) in [5.41, 5.74) is -0.243. The Labute approximate surface area is 319 Å². The number of anilines is 2. The third-order valence-corrected chi connectivity index (χ3v) is 7.73. The third kappa shape index (κ3) is 9.50. The van der Waals surface area contributed by atoms with E-state index in [1.807, 2.05) is 6.92 Å². The van der Waals surface area contributed by atoms with Gasteiger partial charge in [-0.3, -0.25) is 14.6 Å². The molecule has 0 bridgehead atoms. The van der Waals surface area contributed by atoms with E-state index in [0.717, 1.165) is 25.3 Å². The summed E-state index contributed by atoms with van der Waals surface area (Å²) in [7, 11) is 0. The van der Waals surface area contributed by atoms with Crippen molar-refractivity contribution in [3.8, 4) is 23.0 Å². The third-order valence-electron chi connectivity index (χ3n) is 7.73. The zero-order chi connectivity index (χ0) is 33.4. The summed E-state index contributed by atoms with van der Waals surface area (Å²) >= 11 is 0. The molecule has 1 aliphatic rings. The number of benzene rings is 3. The Morgan fingerprint density at radius 3 is 2.15 bits per heavy atom. The number of fused-ring (bicyclic) bond motifs is 1. The average molecular weight is 686 g/mol. The number of halogens is 2. The summed E-state index contributed by atoms with van der Waals surface area (Å²) in [4.78, 5) is 40.9. The van der Waals surface area contributed by atoms with Gasteiger partial charge in [-0.15, -0.1) is 0 Å². The quantitative estimate of drug-likeness (QED) is 0.104.